The molecule has 98 valence electrons. The molecular formula is C13H13N3O2S. The molecule has 1 aliphatic rings. The average Bonchev–Trinajstić information content (AvgIpc) is 2.84. The van der Waals surface area contributed by atoms with Crippen molar-refractivity contribution in [3.8, 4) is 10.6 Å². The minimum Gasteiger partial charge on any atom is -0.323 e. The molecule has 1 aromatic heterocycles. The van der Waals surface area contributed by atoms with Gasteiger partial charge in [0, 0.05) is 28.6 Å². The van der Waals surface area contributed by atoms with Crippen molar-refractivity contribution >= 4 is 17.0 Å². The summed E-state index contributed by atoms with van der Waals surface area (Å²) in [6.07, 6.45) is 3.00. The van der Waals surface area contributed by atoms with Crippen molar-refractivity contribution in [2.24, 2.45) is 5.73 Å². The Hall–Kier alpha value is -1.79. The first-order chi connectivity index (χ1) is 9.15. The Bertz CT molecular complexity index is 639. The molecule has 1 heterocycles. The fraction of sp³-hybridized carbons (Fsp3) is 0.308. The quantitative estimate of drug-likeness (QED) is 0.674. The van der Waals surface area contributed by atoms with Crippen LogP contribution in [0.5, 0.6) is 0 Å². The van der Waals surface area contributed by atoms with Crippen LogP contribution in [-0.2, 0) is 6.42 Å². The van der Waals surface area contributed by atoms with Gasteiger partial charge < -0.3 is 5.73 Å². The van der Waals surface area contributed by atoms with Crippen molar-refractivity contribution < 1.29 is 4.92 Å². The third-order valence-corrected chi connectivity index (χ3v) is 4.58. The molecule has 1 aliphatic carbocycles. The molecule has 0 saturated carbocycles. The lowest BCUT2D eigenvalue weighted by Gasteiger charge is -2.15. The number of nitrogens with two attached hydrogens (primary N) is 1. The number of hydrogen-bond acceptors (Lipinski definition) is 5. The second kappa shape index (κ2) is 4.71. The van der Waals surface area contributed by atoms with E-state index in [-0.39, 0.29) is 16.7 Å². The zero-order valence-electron chi connectivity index (χ0n) is 10.2. The molecule has 0 fully saturated rings. The third kappa shape index (κ3) is 2.24. The van der Waals surface area contributed by atoms with Gasteiger partial charge in [-0.2, -0.15) is 0 Å². The number of nitrogens with zero attached hydrogens (tertiary/aromatic N) is 2. The van der Waals surface area contributed by atoms with Gasteiger partial charge in [0.2, 0.25) is 0 Å². The number of aromatic nitrogens is 1. The number of rotatable bonds is 2. The first kappa shape index (κ1) is 12.3. The summed E-state index contributed by atoms with van der Waals surface area (Å²) in [4.78, 5) is 16.1. The van der Waals surface area contributed by atoms with Crippen molar-refractivity contribution in [3.05, 3.63) is 45.0 Å². The number of thiazole rings is 1. The summed E-state index contributed by atoms with van der Waals surface area (Å²) in [5.41, 5.74) is 8.02. The SMILES string of the molecule is NC1CCCc2nc(-c3cccc([N+](=O)[O-])c3)sc21. The molecule has 0 amide bonds. The van der Waals surface area contributed by atoms with Gasteiger partial charge in [-0.25, -0.2) is 4.98 Å². The summed E-state index contributed by atoms with van der Waals surface area (Å²) in [5.74, 6) is 0. The van der Waals surface area contributed by atoms with Gasteiger partial charge in [-0.15, -0.1) is 11.3 Å². The lowest BCUT2D eigenvalue weighted by molar-refractivity contribution is -0.384. The highest BCUT2D eigenvalue weighted by molar-refractivity contribution is 7.15. The molecule has 19 heavy (non-hydrogen) atoms. The van der Waals surface area contributed by atoms with E-state index >= 15 is 0 Å². The van der Waals surface area contributed by atoms with Crippen LogP contribution in [0, 0.1) is 10.1 Å². The average molecular weight is 275 g/mol. The summed E-state index contributed by atoms with van der Waals surface area (Å²) < 4.78 is 0. The minimum absolute atomic E-state index is 0.0636. The number of nitro benzene ring substituents is 1. The molecule has 0 spiro atoms. The second-order valence-electron chi connectivity index (χ2n) is 4.64. The largest absolute Gasteiger partial charge is 0.323 e. The fourth-order valence-corrected chi connectivity index (χ4v) is 3.47. The highest BCUT2D eigenvalue weighted by atomic mass is 32.1. The maximum atomic E-state index is 10.8. The van der Waals surface area contributed by atoms with Crippen LogP contribution in [0.1, 0.15) is 29.5 Å². The van der Waals surface area contributed by atoms with Crippen molar-refractivity contribution in [1.82, 2.24) is 4.98 Å². The molecule has 0 bridgehead atoms. The molecule has 5 nitrogen and oxygen atoms in total. The molecule has 3 rings (SSSR count). The van der Waals surface area contributed by atoms with E-state index in [2.05, 4.69) is 4.98 Å². The van der Waals surface area contributed by atoms with Crippen LogP contribution >= 0.6 is 11.3 Å². The van der Waals surface area contributed by atoms with Gasteiger partial charge in [0.15, 0.2) is 0 Å². The standard InChI is InChI=1S/C13H13N3O2S/c14-10-5-2-6-11-12(10)19-13(15-11)8-3-1-4-9(7-8)16(17)18/h1,3-4,7,10H,2,5-6,14H2. The monoisotopic (exact) mass is 275 g/mol. The first-order valence-electron chi connectivity index (χ1n) is 6.15. The van der Waals surface area contributed by atoms with Crippen LogP contribution in [0.3, 0.4) is 0 Å². The summed E-state index contributed by atoms with van der Waals surface area (Å²) in [5, 5.41) is 11.6. The van der Waals surface area contributed by atoms with E-state index in [0.29, 0.717) is 0 Å². The predicted octanol–water partition coefficient (Wildman–Crippen LogP) is 3.05. The number of hydrogen-bond donors (Lipinski definition) is 1. The van der Waals surface area contributed by atoms with E-state index in [4.69, 9.17) is 5.73 Å². The molecule has 1 unspecified atom stereocenters. The van der Waals surface area contributed by atoms with Crippen LogP contribution in [0.15, 0.2) is 24.3 Å². The topological polar surface area (TPSA) is 82.0 Å². The van der Waals surface area contributed by atoms with Gasteiger partial charge in [-0.3, -0.25) is 10.1 Å². The van der Waals surface area contributed by atoms with E-state index in [1.54, 1.807) is 23.5 Å². The van der Waals surface area contributed by atoms with Crippen molar-refractivity contribution in [3.63, 3.8) is 0 Å². The van der Waals surface area contributed by atoms with Crippen LogP contribution in [-0.4, -0.2) is 9.91 Å². The first-order valence-corrected chi connectivity index (χ1v) is 6.97. The molecule has 1 atom stereocenters. The molecule has 2 N–H and O–H groups in total. The minimum atomic E-state index is -0.386. The van der Waals surface area contributed by atoms with Crippen molar-refractivity contribution in [1.29, 1.82) is 0 Å². The van der Waals surface area contributed by atoms with Crippen LogP contribution in [0.2, 0.25) is 0 Å². The van der Waals surface area contributed by atoms with Gasteiger partial charge in [0.25, 0.3) is 5.69 Å². The van der Waals surface area contributed by atoms with Gasteiger partial charge in [-0.1, -0.05) is 12.1 Å². The zero-order valence-corrected chi connectivity index (χ0v) is 11.0. The molecular weight excluding hydrogens is 262 g/mol. The van der Waals surface area contributed by atoms with Crippen molar-refractivity contribution in [2.45, 2.75) is 25.3 Å². The molecule has 0 radical (unpaired) electrons. The summed E-state index contributed by atoms with van der Waals surface area (Å²) in [7, 11) is 0. The highest BCUT2D eigenvalue weighted by Gasteiger charge is 2.22. The Morgan fingerprint density at radius 2 is 2.32 bits per heavy atom. The van der Waals surface area contributed by atoms with E-state index < -0.39 is 0 Å². The van der Waals surface area contributed by atoms with Crippen LogP contribution in [0.25, 0.3) is 10.6 Å². The summed E-state index contributed by atoms with van der Waals surface area (Å²) in [6, 6.07) is 6.66. The normalized spacial score (nSPS) is 18.1. The maximum Gasteiger partial charge on any atom is 0.270 e. The third-order valence-electron chi connectivity index (χ3n) is 3.30. The Morgan fingerprint density at radius 3 is 3.05 bits per heavy atom. The fourth-order valence-electron chi connectivity index (χ4n) is 2.33. The molecule has 0 saturated heterocycles. The van der Waals surface area contributed by atoms with Crippen molar-refractivity contribution in [2.75, 3.05) is 0 Å². The van der Waals surface area contributed by atoms with Crippen LogP contribution in [0.4, 0.5) is 5.69 Å². The Morgan fingerprint density at radius 1 is 1.47 bits per heavy atom. The second-order valence-corrected chi connectivity index (χ2v) is 5.67. The molecule has 2 aromatic rings. The number of nitro groups is 1. The lowest BCUT2D eigenvalue weighted by Crippen LogP contribution is -2.15. The molecule has 0 aliphatic heterocycles. The molecule has 6 heteroatoms. The molecule has 1 aromatic carbocycles. The summed E-state index contributed by atoms with van der Waals surface area (Å²) >= 11 is 1.56. The van der Waals surface area contributed by atoms with Crippen LogP contribution < -0.4 is 5.73 Å². The van der Waals surface area contributed by atoms with Gasteiger partial charge in [-0.05, 0) is 19.3 Å². The van der Waals surface area contributed by atoms with E-state index in [1.807, 2.05) is 6.07 Å². The highest BCUT2D eigenvalue weighted by Crippen LogP contribution is 2.37. The zero-order chi connectivity index (χ0) is 13.4. The van der Waals surface area contributed by atoms with Gasteiger partial charge in [0.05, 0.1) is 10.6 Å². The van der Waals surface area contributed by atoms with Gasteiger partial charge in [0.1, 0.15) is 5.01 Å². The number of benzene rings is 1. The van der Waals surface area contributed by atoms with Gasteiger partial charge >= 0.3 is 0 Å². The number of fused-ring (bicyclic) bond motifs is 1. The Balaban J connectivity index is 2.03. The Labute approximate surface area is 114 Å². The van der Waals surface area contributed by atoms with E-state index in [9.17, 15) is 10.1 Å². The Kier molecular flexibility index (Phi) is 3.04. The lowest BCUT2D eigenvalue weighted by atomic mass is 9.99. The number of aryl methyl sites for hydroxylation is 1. The smallest absolute Gasteiger partial charge is 0.270 e. The summed E-state index contributed by atoms with van der Waals surface area (Å²) in [6.45, 7) is 0. The van der Waals surface area contributed by atoms with E-state index in [0.717, 1.165) is 40.4 Å². The number of non-ortho nitro benzene ring substituents is 1. The maximum absolute atomic E-state index is 10.8. The van der Waals surface area contributed by atoms with E-state index in [1.165, 1.54) is 6.07 Å². The predicted molar refractivity (Wildman–Crippen MR) is 74.1 cm³/mol.